The zero-order valence-corrected chi connectivity index (χ0v) is 15.0. The van der Waals surface area contributed by atoms with Gasteiger partial charge in [-0.1, -0.05) is 22.6 Å². The molecule has 0 N–H and O–H groups in total. The third-order valence-electron chi connectivity index (χ3n) is 4.61. The maximum absolute atomic E-state index is 15.6. The Balaban J connectivity index is 2.75. The van der Waals surface area contributed by atoms with Crippen LogP contribution in [-0.4, -0.2) is 19.6 Å². The maximum Gasteiger partial charge on any atom is 0.203 e. The van der Waals surface area contributed by atoms with Crippen molar-refractivity contribution < 1.29 is 4.39 Å². The van der Waals surface area contributed by atoms with Gasteiger partial charge in [0.1, 0.15) is 0 Å². The van der Waals surface area contributed by atoms with Gasteiger partial charge in [0.15, 0.2) is 0 Å². The molecular formula is C15H24FIN2. The van der Waals surface area contributed by atoms with E-state index in [4.69, 9.17) is 0 Å². The van der Waals surface area contributed by atoms with Gasteiger partial charge >= 0.3 is 0 Å². The van der Waals surface area contributed by atoms with Crippen molar-refractivity contribution in [1.29, 1.82) is 0 Å². The number of hydrogen-bond acceptors (Lipinski definition) is 1. The molecule has 108 valence electrons. The fourth-order valence-corrected chi connectivity index (χ4v) is 5.02. The number of fused-ring (bicyclic) bond motifs is 1. The summed E-state index contributed by atoms with van der Waals surface area (Å²) in [6.45, 7) is 14.3. The van der Waals surface area contributed by atoms with Crippen molar-refractivity contribution in [3.63, 3.8) is 0 Å². The van der Waals surface area contributed by atoms with Crippen LogP contribution in [0.5, 0.6) is 0 Å². The Labute approximate surface area is 129 Å². The fraction of sp³-hybridized carbons (Fsp3) is 0.733. The minimum absolute atomic E-state index is 0.157. The van der Waals surface area contributed by atoms with Crippen molar-refractivity contribution in [3.05, 3.63) is 22.5 Å². The number of nitrogens with zero attached hydrogens (tertiary/aromatic N) is 2. The normalized spacial score (nSPS) is 31.9. The van der Waals surface area contributed by atoms with E-state index >= 15 is 4.39 Å². The van der Waals surface area contributed by atoms with Crippen LogP contribution >= 0.6 is 22.6 Å². The summed E-state index contributed by atoms with van der Waals surface area (Å²) >= 11 is 2.38. The Hall–Kier alpha value is -0.100. The predicted octanol–water partition coefficient (Wildman–Crippen LogP) is 4.60. The molecule has 3 unspecified atom stereocenters. The third-order valence-corrected chi connectivity index (χ3v) is 6.25. The summed E-state index contributed by atoms with van der Waals surface area (Å²) in [6.07, 6.45) is 0. The lowest BCUT2D eigenvalue weighted by Crippen LogP contribution is -2.56. The highest BCUT2D eigenvalue weighted by Crippen LogP contribution is 2.47. The van der Waals surface area contributed by atoms with Crippen LogP contribution in [0.25, 0.3) is 0 Å². The average Bonchev–Trinajstić information content (AvgIpc) is 2.51. The van der Waals surface area contributed by atoms with E-state index in [1.807, 2.05) is 11.8 Å². The van der Waals surface area contributed by atoms with Crippen LogP contribution in [0.1, 0.15) is 56.3 Å². The molecule has 0 amide bonds. The molecule has 2 rings (SSSR count). The van der Waals surface area contributed by atoms with Crippen molar-refractivity contribution in [2.75, 3.05) is 0 Å². The van der Waals surface area contributed by atoms with Crippen molar-refractivity contribution >= 4 is 22.6 Å². The molecule has 2 heterocycles. The van der Waals surface area contributed by atoms with E-state index < -0.39 is 5.79 Å². The standard InChI is InChI=1S/C15H24FIN2/c1-8(2)19-14(17)12(6)18-11(5)9(3)10(4)13(18)15(19,7)16/h8,12,14H,1-7H3. The van der Waals surface area contributed by atoms with Crippen LogP contribution in [-0.2, 0) is 5.79 Å². The van der Waals surface area contributed by atoms with Crippen LogP contribution < -0.4 is 0 Å². The van der Waals surface area contributed by atoms with E-state index in [9.17, 15) is 0 Å². The van der Waals surface area contributed by atoms with E-state index in [1.165, 1.54) is 11.3 Å². The minimum Gasteiger partial charge on any atom is -0.339 e. The lowest BCUT2D eigenvalue weighted by Gasteiger charge is -2.49. The molecule has 3 atom stereocenters. The quantitative estimate of drug-likeness (QED) is 0.394. The smallest absolute Gasteiger partial charge is 0.203 e. The highest BCUT2D eigenvalue weighted by atomic mass is 127. The first-order valence-electron chi connectivity index (χ1n) is 6.92. The lowest BCUT2D eigenvalue weighted by molar-refractivity contribution is -0.0831. The molecule has 0 saturated heterocycles. The van der Waals surface area contributed by atoms with Gasteiger partial charge in [-0.2, -0.15) is 0 Å². The van der Waals surface area contributed by atoms with Gasteiger partial charge in [-0.05, 0) is 59.6 Å². The van der Waals surface area contributed by atoms with Gasteiger partial charge in [-0.25, -0.2) is 4.39 Å². The van der Waals surface area contributed by atoms with Gasteiger partial charge in [0.2, 0.25) is 5.79 Å². The molecular weight excluding hydrogens is 354 g/mol. The molecule has 0 aromatic carbocycles. The molecule has 1 aromatic rings. The predicted molar refractivity (Wildman–Crippen MR) is 86.6 cm³/mol. The van der Waals surface area contributed by atoms with Crippen LogP contribution in [0.2, 0.25) is 0 Å². The molecule has 2 nitrogen and oxygen atoms in total. The van der Waals surface area contributed by atoms with Gasteiger partial charge < -0.3 is 4.57 Å². The first kappa shape index (κ1) is 15.3. The molecule has 1 aliphatic heterocycles. The minimum atomic E-state index is -1.41. The Morgan fingerprint density at radius 3 is 2.21 bits per heavy atom. The molecule has 0 saturated carbocycles. The van der Waals surface area contributed by atoms with Gasteiger partial charge in [0.05, 0.1) is 15.8 Å². The zero-order valence-electron chi connectivity index (χ0n) is 12.9. The summed E-state index contributed by atoms with van der Waals surface area (Å²) in [4.78, 5) is 2.00. The SMILES string of the molecule is Cc1c(C)c2n(c1C)C(C)C(I)N(C(C)C)C2(C)F. The van der Waals surface area contributed by atoms with Crippen molar-refractivity contribution in [2.24, 2.45) is 0 Å². The summed E-state index contributed by atoms with van der Waals surface area (Å²) in [6, 6.07) is 0.470. The van der Waals surface area contributed by atoms with Gasteiger partial charge in [-0.3, -0.25) is 4.90 Å². The van der Waals surface area contributed by atoms with Crippen molar-refractivity contribution in [3.8, 4) is 0 Å². The highest BCUT2D eigenvalue weighted by molar-refractivity contribution is 14.1. The summed E-state index contributed by atoms with van der Waals surface area (Å²) in [5.41, 5.74) is 4.37. The second-order valence-electron chi connectivity index (χ2n) is 6.12. The molecule has 4 heteroatoms. The van der Waals surface area contributed by atoms with E-state index in [0.717, 1.165) is 11.3 Å². The molecule has 0 radical (unpaired) electrons. The largest absolute Gasteiger partial charge is 0.339 e. The van der Waals surface area contributed by atoms with Gasteiger partial charge in [0, 0.05) is 11.7 Å². The number of rotatable bonds is 1. The third kappa shape index (κ3) is 1.97. The topological polar surface area (TPSA) is 8.17 Å². The lowest BCUT2D eigenvalue weighted by atomic mass is 10.00. The van der Waals surface area contributed by atoms with Crippen molar-refractivity contribution in [1.82, 2.24) is 9.47 Å². The molecule has 1 aromatic heterocycles. The van der Waals surface area contributed by atoms with Crippen LogP contribution in [0.4, 0.5) is 4.39 Å². The van der Waals surface area contributed by atoms with E-state index in [-0.39, 0.29) is 16.1 Å². The van der Waals surface area contributed by atoms with Gasteiger partial charge in [0.25, 0.3) is 0 Å². The Morgan fingerprint density at radius 2 is 1.74 bits per heavy atom. The second kappa shape index (κ2) is 4.72. The summed E-state index contributed by atoms with van der Waals surface area (Å²) in [5.74, 6) is -1.41. The summed E-state index contributed by atoms with van der Waals surface area (Å²) in [7, 11) is 0. The first-order valence-corrected chi connectivity index (χ1v) is 8.16. The molecule has 19 heavy (non-hydrogen) atoms. The Kier molecular flexibility index (Phi) is 3.80. The molecule has 0 bridgehead atoms. The second-order valence-corrected chi connectivity index (χ2v) is 7.40. The Bertz CT molecular complexity index is 505. The van der Waals surface area contributed by atoms with E-state index in [0.29, 0.717) is 0 Å². The van der Waals surface area contributed by atoms with Crippen LogP contribution in [0, 0.1) is 20.8 Å². The highest BCUT2D eigenvalue weighted by Gasteiger charge is 2.49. The number of alkyl halides is 2. The molecule has 0 fully saturated rings. The van der Waals surface area contributed by atoms with Crippen LogP contribution in [0.15, 0.2) is 0 Å². The molecule has 0 spiro atoms. The fourth-order valence-electron chi connectivity index (χ4n) is 3.53. The number of hydrogen-bond donors (Lipinski definition) is 0. The number of halogens is 2. The molecule has 0 aliphatic carbocycles. The average molecular weight is 378 g/mol. The summed E-state index contributed by atoms with van der Waals surface area (Å²) < 4.78 is 17.9. The maximum atomic E-state index is 15.6. The van der Waals surface area contributed by atoms with Crippen molar-refractivity contribution in [2.45, 2.75) is 70.4 Å². The van der Waals surface area contributed by atoms with E-state index in [1.54, 1.807) is 6.92 Å². The van der Waals surface area contributed by atoms with E-state index in [2.05, 4.69) is 61.8 Å². The van der Waals surface area contributed by atoms with Gasteiger partial charge in [-0.15, -0.1) is 0 Å². The summed E-state index contributed by atoms with van der Waals surface area (Å²) in [5, 5.41) is 0. The van der Waals surface area contributed by atoms with Crippen LogP contribution in [0.3, 0.4) is 0 Å². The zero-order chi connectivity index (χ0) is 14.7. The molecule has 1 aliphatic rings. The first-order chi connectivity index (χ1) is 8.62. The Morgan fingerprint density at radius 1 is 1.21 bits per heavy atom. The number of aromatic nitrogens is 1. The monoisotopic (exact) mass is 378 g/mol.